The second-order valence-electron chi connectivity index (χ2n) is 8.64. The van der Waals surface area contributed by atoms with E-state index in [1.54, 1.807) is 12.1 Å². The molecule has 1 saturated heterocycles. The minimum atomic E-state index is -4.76. The fraction of sp³-hybridized carbons (Fsp3) is 0.458. The molecule has 192 valence electrons. The molecule has 0 radical (unpaired) electrons. The van der Waals surface area contributed by atoms with Crippen molar-refractivity contribution < 1.29 is 27.5 Å². The summed E-state index contributed by atoms with van der Waals surface area (Å²) in [5.41, 5.74) is 0.00195. The number of carbonyl (C=O) groups excluding carboxylic acids is 1. The maximum Gasteiger partial charge on any atom is 0.419 e. The molecule has 1 unspecified atom stereocenters. The average molecular weight is 536 g/mol. The Balaban J connectivity index is 1.84. The van der Waals surface area contributed by atoms with E-state index in [0.717, 1.165) is 24.0 Å². The van der Waals surface area contributed by atoms with Gasteiger partial charge in [-0.2, -0.15) is 13.2 Å². The number of nitrogens with zero attached hydrogens (tertiary/aromatic N) is 2. The van der Waals surface area contributed by atoms with Crippen molar-refractivity contribution >= 4 is 29.5 Å². The third-order valence-corrected chi connectivity index (χ3v) is 6.98. The van der Waals surface area contributed by atoms with Crippen LogP contribution in [0, 0.1) is 5.82 Å². The first-order valence-electron chi connectivity index (χ1n) is 11.1. The normalized spacial score (nSPS) is 19.9. The largest absolute Gasteiger partial charge is 0.419 e. The molecule has 2 N–H and O–H groups in total. The molecule has 11 heteroatoms. The van der Waals surface area contributed by atoms with Crippen molar-refractivity contribution in [1.29, 1.82) is 0 Å². The highest BCUT2D eigenvalue weighted by Gasteiger charge is 2.39. The van der Waals surface area contributed by atoms with Crippen LogP contribution in [0.15, 0.2) is 36.4 Å². The van der Waals surface area contributed by atoms with Gasteiger partial charge in [-0.05, 0) is 55.4 Å². The molecule has 1 aliphatic heterocycles. The molecule has 0 bridgehead atoms. The number of nitrogens with one attached hydrogen (secondary N) is 1. The van der Waals surface area contributed by atoms with Gasteiger partial charge in [0.2, 0.25) is 0 Å². The Bertz CT molecular complexity index is 1020. The molecule has 0 saturated carbocycles. The van der Waals surface area contributed by atoms with E-state index >= 15 is 0 Å². The van der Waals surface area contributed by atoms with Gasteiger partial charge in [0.05, 0.1) is 15.6 Å². The van der Waals surface area contributed by atoms with Crippen LogP contribution in [0.4, 0.5) is 17.6 Å². The summed E-state index contributed by atoms with van der Waals surface area (Å²) in [7, 11) is 1.81. The predicted molar refractivity (Wildman–Crippen MR) is 127 cm³/mol. The first-order chi connectivity index (χ1) is 16.5. The highest BCUT2D eigenvalue weighted by Crippen LogP contribution is 2.36. The van der Waals surface area contributed by atoms with Gasteiger partial charge in [0.25, 0.3) is 0 Å². The van der Waals surface area contributed by atoms with E-state index < -0.39 is 23.7 Å². The molecule has 5 nitrogen and oxygen atoms in total. The molecular weight excluding hydrogens is 509 g/mol. The molecule has 35 heavy (non-hydrogen) atoms. The maximum absolute atomic E-state index is 14.1. The van der Waals surface area contributed by atoms with Gasteiger partial charge in [0.1, 0.15) is 12.0 Å². The highest BCUT2D eigenvalue weighted by molar-refractivity contribution is 6.42. The van der Waals surface area contributed by atoms with Crippen LogP contribution in [0.5, 0.6) is 0 Å². The summed E-state index contributed by atoms with van der Waals surface area (Å²) in [5.74, 6) is -1.41. The van der Waals surface area contributed by atoms with Gasteiger partial charge in [-0.15, -0.1) is 0 Å². The van der Waals surface area contributed by atoms with Crippen molar-refractivity contribution in [2.24, 2.45) is 0 Å². The lowest BCUT2D eigenvalue weighted by molar-refractivity contribution is -0.140. The second kappa shape index (κ2) is 12.0. The molecule has 3 rings (SSSR count). The number of hydrogen-bond acceptors (Lipinski definition) is 5. The van der Waals surface area contributed by atoms with E-state index in [1.807, 2.05) is 22.9 Å². The van der Waals surface area contributed by atoms with E-state index in [-0.39, 0.29) is 25.1 Å². The number of hydrogen-bond donors (Lipinski definition) is 2. The van der Waals surface area contributed by atoms with Crippen LogP contribution in [0.1, 0.15) is 29.0 Å². The van der Waals surface area contributed by atoms with Crippen molar-refractivity contribution in [2.45, 2.75) is 37.3 Å². The summed E-state index contributed by atoms with van der Waals surface area (Å²) >= 11 is 12.3. The minimum absolute atomic E-state index is 0.000469. The van der Waals surface area contributed by atoms with E-state index in [0.29, 0.717) is 41.7 Å². The number of likely N-dealkylation sites (tertiary alicyclic amines) is 1. The predicted octanol–water partition coefficient (Wildman–Crippen LogP) is 4.55. The standard InChI is InChI=1S/C24H27Cl2F4N3O2/c1-32(11-15-3-5-18(21(27)9-15)24(28,29)30)22-13-33(23(14-35)31-7-2-8-34)12-17(22)16-4-6-19(25)20(26)10-16/h3-6,9-10,14,17,22-23,31,34H,2,7-8,11-13H2,1H3/t17-,22-,23?/m1/s1. The first kappa shape index (κ1) is 27.8. The SMILES string of the molecule is CN(Cc1ccc(C(F)(F)F)c(F)c1)[C@@H]1CN(C(C=O)NCCCO)C[C@@H]1c1ccc(Cl)c(Cl)c1. The zero-order chi connectivity index (χ0) is 25.8. The van der Waals surface area contributed by atoms with Crippen LogP contribution in [-0.2, 0) is 17.5 Å². The Hall–Kier alpha value is -1.75. The van der Waals surface area contributed by atoms with Crippen LogP contribution in [0.3, 0.4) is 0 Å². The second-order valence-corrected chi connectivity index (χ2v) is 9.45. The summed E-state index contributed by atoms with van der Waals surface area (Å²) in [6.07, 6.45) is -4.03. The highest BCUT2D eigenvalue weighted by atomic mass is 35.5. The fourth-order valence-corrected chi connectivity index (χ4v) is 4.75. The van der Waals surface area contributed by atoms with Crippen molar-refractivity contribution in [3.05, 3.63) is 69.0 Å². The minimum Gasteiger partial charge on any atom is -0.396 e. The third-order valence-electron chi connectivity index (χ3n) is 6.24. The number of aliphatic hydroxyl groups excluding tert-OH is 1. The first-order valence-corrected chi connectivity index (χ1v) is 11.8. The van der Waals surface area contributed by atoms with Crippen molar-refractivity contribution in [3.8, 4) is 0 Å². The monoisotopic (exact) mass is 535 g/mol. The number of aldehydes is 1. The fourth-order valence-electron chi connectivity index (χ4n) is 4.45. The zero-order valence-electron chi connectivity index (χ0n) is 19.0. The van der Waals surface area contributed by atoms with Crippen LogP contribution in [0.25, 0.3) is 0 Å². The molecular formula is C24H27Cl2F4N3O2. The molecule has 0 aromatic heterocycles. The Morgan fingerprint density at radius 3 is 2.54 bits per heavy atom. The molecule has 1 aliphatic rings. The Morgan fingerprint density at radius 1 is 1.20 bits per heavy atom. The van der Waals surface area contributed by atoms with Crippen LogP contribution >= 0.6 is 23.2 Å². The molecule has 2 aromatic rings. The van der Waals surface area contributed by atoms with Gasteiger partial charge in [0, 0.05) is 38.2 Å². The van der Waals surface area contributed by atoms with Crippen LogP contribution in [-0.4, -0.2) is 66.7 Å². The van der Waals surface area contributed by atoms with Gasteiger partial charge in [-0.3, -0.25) is 15.1 Å². The summed E-state index contributed by atoms with van der Waals surface area (Å²) in [5, 5.41) is 12.9. The summed E-state index contributed by atoms with van der Waals surface area (Å²) < 4.78 is 52.9. The molecule has 2 aromatic carbocycles. The maximum atomic E-state index is 14.1. The van der Waals surface area contributed by atoms with Gasteiger partial charge < -0.3 is 9.90 Å². The zero-order valence-corrected chi connectivity index (χ0v) is 20.5. The average Bonchev–Trinajstić information content (AvgIpc) is 3.23. The van der Waals surface area contributed by atoms with E-state index in [2.05, 4.69) is 5.32 Å². The molecule has 0 amide bonds. The smallest absolute Gasteiger partial charge is 0.396 e. The number of carbonyl (C=O) groups is 1. The Kier molecular flexibility index (Phi) is 9.53. The number of halogens is 6. The summed E-state index contributed by atoms with van der Waals surface area (Å²) in [6, 6.07) is 8.10. The quantitative estimate of drug-likeness (QED) is 0.265. The Morgan fingerprint density at radius 2 is 1.94 bits per heavy atom. The number of rotatable bonds is 10. The van der Waals surface area contributed by atoms with Gasteiger partial charge >= 0.3 is 6.18 Å². The van der Waals surface area contributed by atoms with Gasteiger partial charge in [0.15, 0.2) is 6.29 Å². The summed E-state index contributed by atoms with van der Waals surface area (Å²) in [6.45, 7) is 1.64. The molecule has 3 atom stereocenters. The van der Waals surface area contributed by atoms with Crippen molar-refractivity contribution in [3.63, 3.8) is 0 Å². The van der Waals surface area contributed by atoms with Crippen LogP contribution in [0.2, 0.25) is 10.0 Å². The molecule has 0 aliphatic carbocycles. The number of aliphatic hydroxyl groups is 1. The van der Waals surface area contributed by atoms with Gasteiger partial charge in [-0.1, -0.05) is 35.3 Å². The molecule has 1 heterocycles. The number of likely N-dealkylation sites (N-methyl/N-ethyl adjacent to an activating group) is 1. The molecule has 0 spiro atoms. The van der Waals surface area contributed by atoms with Crippen molar-refractivity contribution in [2.75, 3.05) is 33.3 Å². The van der Waals surface area contributed by atoms with E-state index in [4.69, 9.17) is 28.3 Å². The lowest BCUT2D eigenvalue weighted by Crippen LogP contribution is -2.47. The van der Waals surface area contributed by atoms with E-state index in [9.17, 15) is 22.4 Å². The lowest BCUT2D eigenvalue weighted by atomic mass is 9.93. The Labute approximate surface area is 211 Å². The van der Waals surface area contributed by atoms with Crippen LogP contribution < -0.4 is 5.32 Å². The number of benzene rings is 2. The summed E-state index contributed by atoms with van der Waals surface area (Å²) in [4.78, 5) is 15.7. The topological polar surface area (TPSA) is 55.8 Å². The van der Waals surface area contributed by atoms with Crippen molar-refractivity contribution in [1.82, 2.24) is 15.1 Å². The molecule has 1 fully saturated rings. The number of alkyl halides is 3. The lowest BCUT2D eigenvalue weighted by Gasteiger charge is -2.30. The van der Waals surface area contributed by atoms with E-state index in [1.165, 1.54) is 6.07 Å². The van der Waals surface area contributed by atoms with Gasteiger partial charge in [-0.25, -0.2) is 4.39 Å². The third kappa shape index (κ3) is 6.93.